The summed E-state index contributed by atoms with van der Waals surface area (Å²) >= 11 is 0. The number of benzene rings is 2. The maximum atomic E-state index is 13.3. The first-order valence-corrected chi connectivity index (χ1v) is 12.3. The van der Waals surface area contributed by atoms with Crippen molar-refractivity contribution in [2.45, 2.75) is 26.8 Å². The third kappa shape index (κ3) is 4.77. The van der Waals surface area contributed by atoms with Crippen LogP contribution in [0.2, 0.25) is 0 Å². The second-order valence-electron chi connectivity index (χ2n) is 9.44. The number of aryl methyl sites for hydroxylation is 2. The molecule has 0 atom stereocenters. The summed E-state index contributed by atoms with van der Waals surface area (Å²) in [6.07, 6.45) is 5.21. The quantitative estimate of drug-likeness (QED) is 0.393. The minimum Gasteiger partial charge on any atom is -0.497 e. The van der Waals surface area contributed by atoms with Crippen molar-refractivity contribution in [3.8, 4) is 22.6 Å². The molecule has 0 aliphatic carbocycles. The van der Waals surface area contributed by atoms with Gasteiger partial charge in [0, 0.05) is 50.1 Å². The zero-order valence-corrected chi connectivity index (χ0v) is 21.4. The van der Waals surface area contributed by atoms with Gasteiger partial charge in [-0.3, -0.25) is 9.69 Å². The molecule has 1 aliphatic heterocycles. The van der Waals surface area contributed by atoms with E-state index < -0.39 is 0 Å². The molecule has 2 aromatic heterocycles. The van der Waals surface area contributed by atoms with Crippen molar-refractivity contribution in [1.29, 1.82) is 0 Å². The summed E-state index contributed by atoms with van der Waals surface area (Å²) in [6.45, 7) is 6.64. The van der Waals surface area contributed by atoms with E-state index >= 15 is 0 Å². The van der Waals surface area contributed by atoms with Gasteiger partial charge in [-0.1, -0.05) is 36.4 Å². The number of nitrogens with zero attached hydrogens (tertiary/aromatic N) is 4. The molecular formula is C30H32N4O2. The molecule has 0 fully saturated rings. The second-order valence-corrected chi connectivity index (χ2v) is 9.44. The molecule has 1 aliphatic rings. The number of aromatic nitrogens is 3. The van der Waals surface area contributed by atoms with E-state index in [1.807, 2.05) is 60.5 Å². The van der Waals surface area contributed by atoms with E-state index in [4.69, 9.17) is 4.74 Å². The van der Waals surface area contributed by atoms with Crippen LogP contribution in [0.3, 0.4) is 0 Å². The van der Waals surface area contributed by atoms with Gasteiger partial charge in [0.2, 0.25) is 0 Å². The third-order valence-electron chi connectivity index (χ3n) is 6.89. The summed E-state index contributed by atoms with van der Waals surface area (Å²) in [7, 11) is 3.58. The molecule has 4 aromatic rings. The van der Waals surface area contributed by atoms with E-state index in [0.717, 1.165) is 71.3 Å². The Hall–Kier alpha value is -3.90. The molecular weight excluding hydrogens is 448 g/mol. The van der Waals surface area contributed by atoms with Crippen LogP contribution in [-0.2, 0) is 20.0 Å². The SMILES string of the molecule is COc1ccc(/C=C/CN2CCc3c(cc(-c4cccc(-n5nc(C)cc5C)c4)c(=O)n3C)C2)cc1. The molecule has 6 heteroatoms. The van der Waals surface area contributed by atoms with Gasteiger partial charge in [-0.25, -0.2) is 4.68 Å². The average molecular weight is 481 g/mol. The largest absolute Gasteiger partial charge is 0.497 e. The first kappa shape index (κ1) is 23.8. The Labute approximate surface area is 212 Å². The fourth-order valence-corrected chi connectivity index (χ4v) is 5.00. The van der Waals surface area contributed by atoms with Gasteiger partial charge < -0.3 is 9.30 Å². The summed E-state index contributed by atoms with van der Waals surface area (Å²) in [5.41, 5.74) is 8.21. The molecule has 0 saturated carbocycles. The topological polar surface area (TPSA) is 52.3 Å². The highest BCUT2D eigenvalue weighted by atomic mass is 16.5. The van der Waals surface area contributed by atoms with Crippen LogP contribution < -0.4 is 10.3 Å². The zero-order chi connectivity index (χ0) is 25.2. The highest BCUT2D eigenvalue weighted by Crippen LogP contribution is 2.25. The van der Waals surface area contributed by atoms with E-state index in [2.05, 4.69) is 52.5 Å². The van der Waals surface area contributed by atoms with Crippen molar-refractivity contribution < 1.29 is 4.74 Å². The smallest absolute Gasteiger partial charge is 0.258 e. The van der Waals surface area contributed by atoms with Crippen molar-refractivity contribution in [2.75, 3.05) is 20.2 Å². The summed E-state index contributed by atoms with van der Waals surface area (Å²) in [5, 5.41) is 4.61. The molecule has 184 valence electrons. The van der Waals surface area contributed by atoms with Gasteiger partial charge in [0.05, 0.1) is 18.5 Å². The Balaban J connectivity index is 1.39. The summed E-state index contributed by atoms with van der Waals surface area (Å²) in [5.74, 6) is 0.863. The van der Waals surface area contributed by atoms with Gasteiger partial charge >= 0.3 is 0 Å². The van der Waals surface area contributed by atoms with Gasteiger partial charge in [0.1, 0.15) is 5.75 Å². The second kappa shape index (κ2) is 9.99. The van der Waals surface area contributed by atoms with Crippen LogP contribution in [0.15, 0.2) is 71.5 Å². The van der Waals surface area contributed by atoms with Crippen LogP contribution in [0.1, 0.15) is 28.2 Å². The number of ether oxygens (including phenoxy) is 1. The third-order valence-corrected chi connectivity index (χ3v) is 6.89. The highest BCUT2D eigenvalue weighted by Gasteiger charge is 2.21. The Morgan fingerprint density at radius 2 is 1.86 bits per heavy atom. The van der Waals surface area contributed by atoms with Gasteiger partial charge in [-0.15, -0.1) is 0 Å². The average Bonchev–Trinajstić information content (AvgIpc) is 3.24. The van der Waals surface area contributed by atoms with Crippen molar-refractivity contribution in [1.82, 2.24) is 19.2 Å². The zero-order valence-electron chi connectivity index (χ0n) is 21.4. The molecule has 0 amide bonds. The van der Waals surface area contributed by atoms with Crippen LogP contribution in [0.4, 0.5) is 0 Å². The lowest BCUT2D eigenvalue weighted by molar-refractivity contribution is 0.276. The lowest BCUT2D eigenvalue weighted by Crippen LogP contribution is -2.35. The summed E-state index contributed by atoms with van der Waals surface area (Å²) in [4.78, 5) is 15.7. The predicted octanol–water partition coefficient (Wildman–Crippen LogP) is 4.93. The maximum absolute atomic E-state index is 13.3. The lowest BCUT2D eigenvalue weighted by Gasteiger charge is -2.29. The fourth-order valence-electron chi connectivity index (χ4n) is 5.00. The van der Waals surface area contributed by atoms with Crippen molar-refractivity contribution >= 4 is 6.08 Å². The van der Waals surface area contributed by atoms with Crippen LogP contribution >= 0.6 is 0 Å². The molecule has 2 aromatic carbocycles. The van der Waals surface area contributed by atoms with Crippen LogP contribution in [0.5, 0.6) is 5.75 Å². The molecule has 0 N–H and O–H groups in total. The van der Waals surface area contributed by atoms with E-state index in [0.29, 0.717) is 0 Å². The number of fused-ring (bicyclic) bond motifs is 1. The minimum absolute atomic E-state index is 0.0483. The molecule has 3 heterocycles. The molecule has 0 saturated heterocycles. The maximum Gasteiger partial charge on any atom is 0.258 e. The molecule has 0 bridgehead atoms. The van der Waals surface area contributed by atoms with Crippen molar-refractivity contribution in [3.05, 3.63) is 105 Å². The molecule has 0 unspecified atom stereocenters. The van der Waals surface area contributed by atoms with E-state index in [-0.39, 0.29) is 5.56 Å². The Bertz CT molecular complexity index is 1480. The Morgan fingerprint density at radius 1 is 1.06 bits per heavy atom. The summed E-state index contributed by atoms with van der Waals surface area (Å²) in [6, 6.07) is 20.3. The van der Waals surface area contributed by atoms with E-state index in [9.17, 15) is 4.79 Å². The number of hydrogen-bond donors (Lipinski definition) is 0. The monoisotopic (exact) mass is 480 g/mol. The van der Waals surface area contributed by atoms with Gasteiger partial charge in [-0.05, 0) is 66.9 Å². The van der Waals surface area contributed by atoms with Crippen molar-refractivity contribution in [3.63, 3.8) is 0 Å². The normalized spacial score (nSPS) is 13.8. The van der Waals surface area contributed by atoms with E-state index in [1.54, 1.807) is 7.11 Å². The number of pyridine rings is 1. The Morgan fingerprint density at radius 3 is 2.58 bits per heavy atom. The first-order chi connectivity index (χ1) is 17.4. The highest BCUT2D eigenvalue weighted by molar-refractivity contribution is 5.66. The molecule has 0 spiro atoms. The van der Waals surface area contributed by atoms with Crippen LogP contribution in [-0.4, -0.2) is 39.4 Å². The number of methoxy groups -OCH3 is 1. The number of hydrogen-bond acceptors (Lipinski definition) is 4. The lowest BCUT2D eigenvalue weighted by atomic mass is 9.99. The van der Waals surface area contributed by atoms with Gasteiger partial charge in [0.15, 0.2) is 0 Å². The molecule has 36 heavy (non-hydrogen) atoms. The van der Waals surface area contributed by atoms with E-state index in [1.165, 1.54) is 5.56 Å². The minimum atomic E-state index is 0.0483. The Kier molecular flexibility index (Phi) is 6.61. The number of rotatable bonds is 6. The standard InChI is InChI=1S/C30H32N4O2/c1-21-17-22(2)34(31-21)26-9-5-8-24(18-26)28-19-25-20-33(16-14-29(25)32(3)30(28)35)15-6-7-23-10-12-27(36-4)13-11-23/h5-13,17-19H,14-16,20H2,1-4H3/b7-6+. The molecule has 5 rings (SSSR count). The van der Waals surface area contributed by atoms with Crippen LogP contribution in [0, 0.1) is 13.8 Å². The van der Waals surface area contributed by atoms with Gasteiger partial charge in [-0.2, -0.15) is 5.10 Å². The van der Waals surface area contributed by atoms with Crippen LogP contribution in [0.25, 0.3) is 22.9 Å². The fraction of sp³-hybridized carbons (Fsp3) is 0.267. The van der Waals surface area contributed by atoms with Gasteiger partial charge in [0.25, 0.3) is 5.56 Å². The molecule has 0 radical (unpaired) electrons. The first-order valence-electron chi connectivity index (χ1n) is 12.3. The molecule has 6 nitrogen and oxygen atoms in total. The summed E-state index contributed by atoms with van der Waals surface area (Å²) < 4.78 is 9.00. The predicted molar refractivity (Wildman–Crippen MR) is 145 cm³/mol. The van der Waals surface area contributed by atoms with Crippen molar-refractivity contribution in [2.24, 2.45) is 7.05 Å².